The largest absolute Gasteiger partial charge is 0.444 e. The summed E-state index contributed by atoms with van der Waals surface area (Å²) in [6.45, 7) is 0.381. The maximum atomic E-state index is 13.8. The molecule has 0 saturated carbocycles. The van der Waals surface area contributed by atoms with Gasteiger partial charge in [-0.15, -0.1) is 0 Å². The minimum absolute atomic E-state index is 0.0136. The minimum atomic E-state index is -1.05. The number of fused-ring (bicyclic) bond motifs is 1. The van der Waals surface area contributed by atoms with E-state index in [1.54, 1.807) is 19.2 Å². The number of benzene rings is 3. The van der Waals surface area contributed by atoms with Crippen LogP contribution in [0.4, 0.5) is 20.6 Å². The van der Waals surface area contributed by atoms with Gasteiger partial charge in [0.2, 0.25) is 0 Å². The number of halogens is 3. The predicted octanol–water partition coefficient (Wildman–Crippen LogP) is 3.56. The first-order chi connectivity index (χ1) is 20.1. The average Bonchev–Trinajstić information content (AvgIpc) is 3.25. The molecule has 0 radical (unpaired) electrons. The molecular weight excluding hydrogens is 633 g/mol. The molecule has 0 aromatic heterocycles. The lowest BCUT2D eigenvalue weighted by molar-refractivity contribution is -0.136. The molecule has 0 aliphatic carbocycles. The summed E-state index contributed by atoms with van der Waals surface area (Å²) in [6, 6.07) is 14.5. The molecule has 14 heteroatoms. The number of carbonyl (C=O) groups excluding carboxylic acids is 3. The number of nitrogens with zero attached hydrogens (tertiary/aromatic N) is 2. The van der Waals surface area contributed by atoms with Gasteiger partial charge in [0.1, 0.15) is 12.4 Å². The molecule has 220 valence electrons. The van der Waals surface area contributed by atoms with Gasteiger partial charge >= 0.3 is 17.9 Å². The van der Waals surface area contributed by atoms with Crippen molar-refractivity contribution in [1.29, 1.82) is 0 Å². The molecule has 2 atom stereocenters. The van der Waals surface area contributed by atoms with Crippen molar-refractivity contribution in [1.82, 2.24) is 10.6 Å². The van der Waals surface area contributed by atoms with E-state index < -0.39 is 35.8 Å². The Kier molecular flexibility index (Phi) is 9.99. The number of anilines is 2. The van der Waals surface area contributed by atoms with Crippen LogP contribution in [0.1, 0.15) is 22.7 Å². The van der Waals surface area contributed by atoms with Crippen LogP contribution in [0.3, 0.4) is 0 Å². The van der Waals surface area contributed by atoms with Crippen molar-refractivity contribution in [3.05, 3.63) is 92.7 Å². The van der Waals surface area contributed by atoms with E-state index >= 15 is 0 Å². The van der Waals surface area contributed by atoms with E-state index in [0.717, 1.165) is 21.7 Å². The number of amides is 3. The summed E-state index contributed by atoms with van der Waals surface area (Å²) in [7, 11) is 1.78. The second-order valence-corrected chi connectivity index (χ2v) is 10.7. The molecule has 1 aliphatic heterocycles. The van der Waals surface area contributed by atoms with Gasteiger partial charge in [0.05, 0.1) is 29.3 Å². The van der Waals surface area contributed by atoms with Gasteiger partial charge in [-0.3, -0.25) is 19.5 Å². The highest BCUT2D eigenvalue weighted by atomic mass is 79.9. The quantitative estimate of drug-likeness (QED) is 0.140. The van der Waals surface area contributed by atoms with Gasteiger partial charge in [0.25, 0.3) is 0 Å². The fourth-order valence-electron chi connectivity index (χ4n) is 4.47. The molecule has 7 N–H and O–H groups in total. The summed E-state index contributed by atoms with van der Waals surface area (Å²) >= 11 is 9.07. The van der Waals surface area contributed by atoms with Crippen LogP contribution >= 0.6 is 27.5 Å². The summed E-state index contributed by atoms with van der Waals surface area (Å²) < 4.78 is 20.4. The lowest BCUT2D eigenvalue weighted by Gasteiger charge is -2.27. The molecule has 3 amide bonds. The molecule has 42 heavy (non-hydrogen) atoms. The summed E-state index contributed by atoms with van der Waals surface area (Å²) in [5.74, 6) is -3.06. The van der Waals surface area contributed by atoms with Crippen LogP contribution in [0.25, 0.3) is 0 Å². The van der Waals surface area contributed by atoms with Crippen LogP contribution in [0, 0.1) is 5.82 Å². The molecule has 0 spiro atoms. The van der Waals surface area contributed by atoms with Crippen LogP contribution in [0.15, 0.2) is 70.1 Å². The Labute approximate surface area is 254 Å². The average molecular weight is 661 g/mol. The first-order valence-corrected chi connectivity index (χ1v) is 13.8. The first-order valence-electron chi connectivity index (χ1n) is 12.7. The van der Waals surface area contributed by atoms with Crippen molar-refractivity contribution in [2.24, 2.45) is 16.5 Å². The van der Waals surface area contributed by atoms with Gasteiger partial charge in [0.15, 0.2) is 5.96 Å². The second kappa shape index (κ2) is 13.6. The fourth-order valence-corrected chi connectivity index (χ4v) is 4.85. The lowest BCUT2D eigenvalue weighted by atomic mass is 10.0. The standard InChI is InChI=1S/C28H28BrClFN7O4/c1-34-12-16-4-8-19-22(10-16)38(28(41)42-14-15-2-5-17(29)6-3-15)23(13-35-27(32)33)24(19)37-26(40)25(39)36-18-7-9-20(30)21(31)11-18/h2-11,23-24,34H,12-14H2,1H3,(H,36,39)(H,37,40)(H4,32,33,35)/t23-,24+/m1/s1. The number of aliphatic imine (C=N–C) groups is 1. The molecule has 1 aliphatic rings. The monoisotopic (exact) mass is 659 g/mol. The number of rotatable bonds is 8. The minimum Gasteiger partial charge on any atom is -0.444 e. The van der Waals surface area contributed by atoms with Crippen LogP contribution in [-0.2, 0) is 27.5 Å². The highest BCUT2D eigenvalue weighted by molar-refractivity contribution is 9.10. The van der Waals surface area contributed by atoms with Crippen molar-refractivity contribution < 1.29 is 23.5 Å². The predicted molar refractivity (Wildman–Crippen MR) is 161 cm³/mol. The molecular formula is C28H28BrClFN7O4. The van der Waals surface area contributed by atoms with E-state index in [1.165, 1.54) is 17.0 Å². The van der Waals surface area contributed by atoms with Crippen molar-refractivity contribution in [3.8, 4) is 0 Å². The van der Waals surface area contributed by atoms with Gasteiger partial charge < -0.3 is 32.2 Å². The van der Waals surface area contributed by atoms with E-state index in [9.17, 15) is 18.8 Å². The van der Waals surface area contributed by atoms with E-state index in [-0.39, 0.29) is 29.8 Å². The zero-order valence-electron chi connectivity index (χ0n) is 22.4. The zero-order chi connectivity index (χ0) is 30.4. The molecule has 4 rings (SSSR count). The van der Waals surface area contributed by atoms with Crippen LogP contribution < -0.4 is 32.3 Å². The SMILES string of the molecule is CNCc1ccc2c(c1)N(C(=O)OCc1ccc(Br)cc1)[C@H](CN=C(N)N)[C@H]2NC(=O)C(=O)Nc1ccc(Cl)c(F)c1. The summed E-state index contributed by atoms with van der Waals surface area (Å²) in [4.78, 5) is 44.8. The maximum absolute atomic E-state index is 13.8. The number of carbonyl (C=O) groups is 3. The summed E-state index contributed by atoms with van der Waals surface area (Å²) in [5.41, 5.74) is 13.9. The van der Waals surface area contributed by atoms with Gasteiger partial charge in [-0.1, -0.05) is 51.8 Å². The number of nitrogens with one attached hydrogen (secondary N) is 3. The molecule has 0 bridgehead atoms. The Bertz CT molecular complexity index is 1520. The van der Waals surface area contributed by atoms with Crippen molar-refractivity contribution in [2.45, 2.75) is 25.2 Å². The van der Waals surface area contributed by atoms with Gasteiger partial charge in [-0.05, 0) is 54.6 Å². The molecule has 0 saturated heterocycles. The number of hydrogen-bond donors (Lipinski definition) is 5. The molecule has 0 unspecified atom stereocenters. The zero-order valence-corrected chi connectivity index (χ0v) is 24.7. The molecule has 0 fully saturated rings. The second-order valence-electron chi connectivity index (χ2n) is 9.34. The van der Waals surface area contributed by atoms with E-state index in [1.807, 2.05) is 30.3 Å². The van der Waals surface area contributed by atoms with E-state index in [4.69, 9.17) is 27.8 Å². The molecule has 3 aromatic carbocycles. The Morgan fingerprint density at radius 2 is 1.76 bits per heavy atom. The number of nitrogens with two attached hydrogens (primary N) is 2. The van der Waals surface area contributed by atoms with Crippen molar-refractivity contribution in [2.75, 3.05) is 23.8 Å². The number of guanidine groups is 1. The third-order valence-electron chi connectivity index (χ3n) is 6.39. The topological polar surface area (TPSA) is 164 Å². The normalized spacial score (nSPS) is 15.5. The molecule has 11 nitrogen and oxygen atoms in total. The smallest absolute Gasteiger partial charge is 0.415 e. The van der Waals surface area contributed by atoms with E-state index in [2.05, 4.69) is 36.9 Å². The van der Waals surface area contributed by atoms with Crippen LogP contribution in [0.5, 0.6) is 0 Å². The van der Waals surface area contributed by atoms with Crippen LogP contribution in [-0.4, -0.2) is 43.5 Å². The Hall–Kier alpha value is -4.20. The highest BCUT2D eigenvalue weighted by Crippen LogP contribution is 2.41. The lowest BCUT2D eigenvalue weighted by Crippen LogP contribution is -2.48. The molecule has 1 heterocycles. The number of hydrogen-bond acceptors (Lipinski definition) is 6. The van der Waals surface area contributed by atoms with Gasteiger partial charge in [-0.2, -0.15) is 0 Å². The fraction of sp³-hybridized carbons (Fsp3) is 0.214. The summed E-state index contributed by atoms with van der Waals surface area (Å²) in [6.07, 6.45) is -0.700. The third-order valence-corrected chi connectivity index (χ3v) is 7.23. The Balaban J connectivity index is 1.63. The third kappa shape index (κ3) is 7.35. The van der Waals surface area contributed by atoms with Crippen LogP contribution in [0.2, 0.25) is 5.02 Å². The number of ether oxygens (including phenoxy) is 1. The highest BCUT2D eigenvalue weighted by Gasteiger charge is 2.44. The van der Waals surface area contributed by atoms with Crippen molar-refractivity contribution in [3.63, 3.8) is 0 Å². The Morgan fingerprint density at radius 3 is 2.43 bits per heavy atom. The van der Waals surface area contributed by atoms with Gasteiger partial charge in [0, 0.05) is 22.3 Å². The van der Waals surface area contributed by atoms with E-state index in [0.29, 0.717) is 17.8 Å². The van der Waals surface area contributed by atoms with Gasteiger partial charge in [-0.25, -0.2) is 9.18 Å². The summed E-state index contributed by atoms with van der Waals surface area (Å²) in [5, 5.41) is 7.95. The van der Waals surface area contributed by atoms with Crippen molar-refractivity contribution >= 4 is 62.8 Å². The Morgan fingerprint density at radius 1 is 1.05 bits per heavy atom. The maximum Gasteiger partial charge on any atom is 0.415 e. The molecule has 3 aromatic rings. The first kappa shape index (κ1) is 30.8.